The van der Waals surface area contributed by atoms with Gasteiger partial charge < -0.3 is 15.4 Å². The van der Waals surface area contributed by atoms with Gasteiger partial charge in [-0.1, -0.05) is 30.3 Å². The number of rotatable bonds is 6. The van der Waals surface area contributed by atoms with Crippen LogP contribution in [-0.2, 0) is 14.3 Å². The number of benzene rings is 2. The molecule has 0 aliphatic heterocycles. The number of anilines is 1. The summed E-state index contributed by atoms with van der Waals surface area (Å²) in [7, 11) is 1.32. The zero-order valence-corrected chi connectivity index (χ0v) is 15.5. The zero-order valence-electron chi connectivity index (χ0n) is 15.5. The topological polar surface area (TPSA) is 84.5 Å². The normalized spacial score (nSPS) is 10.5. The Bertz CT molecular complexity index is 850. The molecule has 0 aromatic heterocycles. The van der Waals surface area contributed by atoms with Crippen LogP contribution < -0.4 is 10.6 Å². The van der Waals surface area contributed by atoms with E-state index in [1.165, 1.54) is 13.2 Å². The van der Waals surface area contributed by atoms with Gasteiger partial charge in [-0.05, 0) is 48.7 Å². The number of esters is 1. The quantitative estimate of drug-likeness (QED) is 0.608. The lowest BCUT2D eigenvalue weighted by Gasteiger charge is -2.11. The molecule has 6 heteroatoms. The van der Waals surface area contributed by atoms with Crippen LogP contribution in [0.1, 0.15) is 27.0 Å². The zero-order chi connectivity index (χ0) is 19.8. The summed E-state index contributed by atoms with van der Waals surface area (Å²) in [6.45, 7) is 3.70. The number of para-hydroxylation sites is 1. The highest BCUT2D eigenvalue weighted by atomic mass is 16.5. The molecule has 0 spiro atoms. The highest BCUT2D eigenvalue weighted by molar-refractivity contribution is 5.98. The minimum atomic E-state index is -0.418. The lowest BCUT2D eigenvalue weighted by molar-refractivity contribution is -0.121. The number of nitrogens with one attached hydrogen (secondary N) is 2. The first kappa shape index (κ1) is 19.9. The molecule has 2 N–H and O–H groups in total. The molecule has 0 bridgehead atoms. The fraction of sp³-hybridized carbons (Fsp3) is 0.190. The van der Waals surface area contributed by atoms with Gasteiger partial charge in [0.15, 0.2) is 0 Å². The van der Waals surface area contributed by atoms with E-state index in [4.69, 9.17) is 0 Å². The van der Waals surface area contributed by atoms with Crippen molar-refractivity contribution in [3.8, 4) is 0 Å². The number of carbonyl (C=O) groups excluding carboxylic acids is 3. The Hall–Kier alpha value is -3.41. The Balaban J connectivity index is 1.85. The van der Waals surface area contributed by atoms with Crippen molar-refractivity contribution >= 4 is 29.5 Å². The molecule has 27 heavy (non-hydrogen) atoms. The first-order valence-corrected chi connectivity index (χ1v) is 8.41. The van der Waals surface area contributed by atoms with Gasteiger partial charge in [-0.2, -0.15) is 0 Å². The molecule has 6 nitrogen and oxygen atoms in total. The predicted octanol–water partition coefficient (Wildman–Crippen LogP) is 2.86. The van der Waals surface area contributed by atoms with Gasteiger partial charge in [-0.25, -0.2) is 4.79 Å². The molecule has 0 heterocycles. The van der Waals surface area contributed by atoms with Crippen molar-refractivity contribution in [3.63, 3.8) is 0 Å². The van der Waals surface area contributed by atoms with E-state index >= 15 is 0 Å². The van der Waals surface area contributed by atoms with Gasteiger partial charge in [0, 0.05) is 11.8 Å². The molecule has 2 amide bonds. The van der Waals surface area contributed by atoms with Crippen LogP contribution in [0.5, 0.6) is 0 Å². The largest absolute Gasteiger partial charge is 0.465 e. The van der Waals surface area contributed by atoms with Gasteiger partial charge in [-0.3, -0.25) is 9.59 Å². The third-order valence-electron chi connectivity index (χ3n) is 3.93. The molecule has 0 aliphatic carbocycles. The molecule has 0 unspecified atom stereocenters. The number of hydrogen-bond donors (Lipinski definition) is 2. The molecule has 0 saturated heterocycles. The van der Waals surface area contributed by atoms with Crippen LogP contribution in [0, 0.1) is 13.8 Å². The minimum Gasteiger partial charge on any atom is -0.465 e. The maximum atomic E-state index is 12.0. The number of amides is 2. The Morgan fingerprint density at radius 2 is 1.63 bits per heavy atom. The van der Waals surface area contributed by atoms with Crippen molar-refractivity contribution in [2.75, 3.05) is 19.0 Å². The number of methoxy groups -OCH3 is 1. The van der Waals surface area contributed by atoms with Gasteiger partial charge in [0.25, 0.3) is 0 Å². The van der Waals surface area contributed by atoms with Gasteiger partial charge in [-0.15, -0.1) is 0 Å². The van der Waals surface area contributed by atoms with Crippen LogP contribution in [0.25, 0.3) is 6.08 Å². The van der Waals surface area contributed by atoms with Crippen LogP contribution >= 0.6 is 0 Å². The standard InChI is InChI=1S/C21H22N2O4/c1-14-5-4-6-15(2)20(14)23-19(25)13-22-18(24)12-9-16-7-10-17(11-8-16)21(26)27-3/h4-12H,13H2,1-3H3,(H,22,24)(H,23,25)/b12-9+. The monoisotopic (exact) mass is 366 g/mol. The Morgan fingerprint density at radius 1 is 1.00 bits per heavy atom. The second-order valence-corrected chi connectivity index (χ2v) is 5.98. The highest BCUT2D eigenvalue weighted by Crippen LogP contribution is 2.18. The third kappa shape index (κ3) is 5.81. The SMILES string of the molecule is COC(=O)c1ccc(/C=C/C(=O)NCC(=O)Nc2c(C)cccc2C)cc1. The molecule has 0 radical (unpaired) electrons. The van der Waals surface area contributed by atoms with E-state index in [0.717, 1.165) is 22.4 Å². The third-order valence-corrected chi connectivity index (χ3v) is 3.93. The Labute approximate surface area is 158 Å². The average Bonchev–Trinajstić information content (AvgIpc) is 2.67. The van der Waals surface area contributed by atoms with Crippen molar-refractivity contribution in [1.29, 1.82) is 0 Å². The van der Waals surface area contributed by atoms with Crippen LogP contribution in [-0.4, -0.2) is 31.4 Å². The van der Waals surface area contributed by atoms with Gasteiger partial charge in [0.05, 0.1) is 19.2 Å². The van der Waals surface area contributed by atoms with E-state index in [1.807, 2.05) is 32.0 Å². The molecule has 2 aromatic rings. The Kier molecular flexibility index (Phi) is 6.88. The van der Waals surface area contributed by atoms with Gasteiger partial charge in [0.2, 0.25) is 11.8 Å². The second kappa shape index (κ2) is 9.33. The summed E-state index contributed by atoms with van der Waals surface area (Å²) in [5, 5.41) is 5.35. The van der Waals surface area contributed by atoms with E-state index in [0.29, 0.717) is 5.56 Å². The summed E-state index contributed by atoms with van der Waals surface area (Å²) in [5.74, 6) is -1.10. The average molecular weight is 366 g/mol. The molecular formula is C21H22N2O4. The summed E-state index contributed by atoms with van der Waals surface area (Å²) in [5.41, 5.74) is 3.87. The first-order chi connectivity index (χ1) is 12.9. The molecule has 140 valence electrons. The summed E-state index contributed by atoms with van der Waals surface area (Å²) in [6.07, 6.45) is 2.93. The molecule has 2 rings (SSSR count). The molecule has 0 saturated carbocycles. The van der Waals surface area contributed by atoms with Crippen molar-refractivity contribution in [3.05, 3.63) is 70.8 Å². The highest BCUT2D eigenvalue weighted by Gasteiger charge is 2.08. The van der Waals surface area contributed by atoms with E-state index in [2.05, 4.69) is 15.4 Å². The lowest BCUT2D eigenvalue weighted by atomic mass is 10.1. The van der Waals surface area contributed by atoms with Crippen LogP contribution in [0.2, 0.25) is 0 Å². The molecule has 0 aliphatic rings. The number of ether oxygens (including phenoxy) is 1. The first-order valence-electron chi connectivity index (χ1n) is 8.41. The smallest absolute Gasteiger partial charge is 0.337 e. The van der Waals surface area contributed by atoms with E-state index < -0.39 is 5.97 Å². The molecule has 0 fully saturated rings. The minimum absolute atomic E-state index is 0.127. The summed E-state index contributed by atoms with van der Waals surface area (Å²) < 4.78 is 4.63. The predicted molar refractivity (Wildman–Crippen MR) is 104 cm³/mol. The Morgan fingerprint density at radius 3 is 2.22 bits per heavy atom. The van der Waals surface area contributed by atoms with Gasteiger partial charge >= 0.3 is 5.97 Å². The van der Waals surface area contributed by atoms with E-state index in [9.17, 15) is 14.4 Å². The van der Waals surface area contributed by atoms with Crippen molar-refractivity contribution in [1.82, 2.24) is 5.32 Å². The van der Waals surface area contributed by atoms with Gasteiger partial charge in [0.1, 0.15) is 0 Å². The van der Waals surface area contributed by atoms with E-state index in [-0.39, 0.29) is 18.4 Å². The van der Waals surface area contributed by atoms with Crippen molar-refractivity contribution in [2.45, 2.75) is 13.8 Å². The number of carbonyl (C=O) groups is 3. The summed E-state index contributed by atoms with van der Waals surface area (Å²) in [4.78, 5) is 35.3. The second-order valence-electron chi connectivity index (χ2n) is 5.98. The van der Waals surface area contributed by atoms with Crippen LogP contribution in [0.3, 0.4) is 0 Å². The van der Waals surface area contributed by atoms with Crippen molar-refractivity contribution in [2.24, 2.45) is 0 Å². The maximum absolute atomic E-state index is 12.0. The van der Waals surface area contributed by atoms with Crippen LogP contribution in [0.4, 0.5) is 5.69 Å². The van der Waals surface area contributed by atoms with Crippen LogP contribution in [0.15, 0.2) is 48.5 Å². The van der Waals surface area contributed by atoms with E-state index in [1.54, 1.807) is 30.3 Å². The molecule has 0 atom stereocenters. The van der Waals surface area contributed by atoms with Crippen molar-refractivity contribution < 1.29 is 19.1 Å². The summed E-state index contributed by atoms with van der Waals surface area (Å²) in [6, 6.07) is 12.4. The fourth-order valence-corrected chi connectivity index (χ4v) is 2.44. The fourth-order valence-electron chi connectivity index (χ4n) is 2.44. The summed E-state index contributed by atoms with van der Waals surface area (Å²) >= 11 is 0. The number of hydrogen-bond acceptors (Lipinski definition) is 4. The molecular weight excluding hydrogens is 344 g/mol. The number of aryl methyl sites for hydroxylation is 2. The lowest BCUT2D eigenvalue weighted by Crippen LogP contribution is -2.32. The maximum Gasteiger partial charge on any atom is 0.337 e. The molecule has 2 aromatic carbocycles.